The Bertz CT molecular complexity index is 916. The molecule has 1 N–H and O–H groups in total. The zero-order valence-electron chi connectivity index (χ0n) is 15.0. The van der Waals surface area contributed by atoms with Crippen LogP contribution < -0.4 is 4.74 Å². The van der Waals surface area contributed by atoms with Crippen LogP contribution in [0.5, 0.6) is 11.5 Å². The number of benzene rings is 3. The second-order valence-electron chi connectivity index (χ2n) is 6.96. The molecular weight excluding hydrogens is 336 g/mol. The smallest absolute Gasteiger partial charge is 0.157 e. The number of phenolic OH excluding ortho intramolecular Hbond substituents is 1. The Hall–Kier alpha value is -3.07. The number of hydrogen-bond donors (Lipinski definition) is 1. The molecule has 3 heteroatoms. The average molecular weight is 358 g/mol. The largest absolute Gasteiger partial charge is 0.508 e. The zero-order chi connectivity index (χ0) is 18.6. The van der Waals surface area contributed by atoms with Crippen LogP contribution in [0.4, 0.5) is 0 Å². The monoisotopic (exact) mass is 358 g/mol. The number of fused-ring (bicyclic) bond motifs is 1. The number of aryl methyl sites for hydroxylation is 1. The lowest BCUT2D eigenvalue weighted by molar-refractivity contribution is -0.109. The third-order valence-corrected chi connectivity index (χ3v) is 5.37. The number of carbonyl (C=O) groups excluding carboxylic acids is 1. The van der Waals surface area contributed by atoms with Gasteiger partial charge in [-0.05, 0) is 65.3 Å². The lowest BCUT2D eigenvalue weighted by Gasteiger charge is -2.34. The molecule has 2 unspecified atom stereocenters. The molecule has 0 bridgehead atoms. The fraction of sp³-hybridized carbons (Fsp3) is 0.208. The highest BCUT2D eigenvalue weighted by Gasteiger charge is 2.32. The van der Waals surface area contributed by atoms with E-state index in [1.54, 1.807) is 6.07 Å². The summed E-state index contributed by atoms with van der Waals surface area (Å²) in [7, 11) is 0. The first-order chi connectivity index (χ1) is 13.3. The predicted molar refractivity (Wildman–Crippen MR) is 105 cm³/mol. The second-order valence-corrected chi connectivity index (χ2v) is 6.96. The highest BCUT2D eigenvalue weighted by molar-refractivity contribution is 5.52. The molecule has 0 spiro atoms. The molecule has 0 saturated heterocycles. The van der Waals surface area contributed by atoms with E-state index in [0.29, 0.717) is 17.4 Å². The van der Waals surface area contributed by atoms with Crippen molar-refractivity contribution in [1.29, 1.82) is 0 Å². The van der Waals surface area contributed by atoms with Gasteiger partial charge in [0.15, 0.2) is 6.29 Å². The first kappa shape index (κ1) is 17.3. The quantitative estimate of drug-likeness (QED) is 0.665. The summed E-state index contributed by atoms with van der Waals surface area (Å²) in [5.41, 5.74) is 5.04. The van der Waals surface area contributed by atoms with E-state index in [1.807, 2.05) is 24.3 Å². The van der Waals surface area contributed by atoms with Gasteiger partial charge >= 0.3 is 0 Å². The maximum atomic E-state index is 10.5. The molecule has 0 amide bonds. The molecule has 27 heavy (non-hydrogen) atoms. The molecule has 4 rings (SSSR count). The first-order valence-electron chi connectivity index (χ1n) is 9.29. The standard InChI is InChI=1S/C24H22O3/c25-14-15-27-21-10-6-18(7-11-21)24-22(17-4-2-1-3-5-17)12-8-19-16-20(26)9-13-23(19)24/h1-7,9-11,13-14,16,22,24,26H,8,12,15H2. The number of aldehydes is 1. The van der Waals surface area contributed by atoms with Crippen molar-refractivity contribution >= 4 is 6.29 Å². The van der Waals surface area contributed by atoms with Crippen molar-refractivity contribution in [3.05, 3.63) is 95.1 Å². The van der Waals surface area contributed by atoms with Crippen LogP contribution >= 0.6 is 0 Å². The molecule has 0 fully saturated rings. The van der Waals surface area contributed by atoms with Crippen LogP contribution in [-0.2, 0) is 11.2 Å². The Morgan fingerprint density at radius 1 is 0.963 bits per heavy atom. The molecule has 136 valence electrons. The fourth-order valence-corrected chi connectivity index (χ4v) is 4.18. The molecule has 0 radical (unpaired) electrons. The summed E-state index contributed by atoms with van der Waals surface area (Å²) in [5, 5.41) is 9.90. The van der Waals surface area contributed by atoms with Crippen LogP contribution in [0.1, 0.15) is 40.5 Å². The fourth-order valence-electron chi connectivity index (χ4n) is 4.18. The van der Waals surface area contributed by atoms with Gasteiger partial charge in [0.25, 0.3) is 0 Å². The third kappa shape index (κ3) is 3.59. The summed E-state index contributed by atoms with van der Waals surface area (Å²) in [6, 6.07) is 24.4. The highest BCUT2D eigenvalue weighted by atomic mass is 16.5. The summed E-state index contributed by atoms with van der Waals surface area (Å²) >= 11 is 0. The summed E-state index contributed by atoms with van der Waals surface area (Å²) in [6.07, 6.45) is 2.75. The Morgan fingerprint density at radius 2 is 1.74 bits per heavy atom. The SMILES string of the molecule is O=CCOc1ccc(C2c3ccc(O)cc3CCC2c2ccccc2)cc1. The second kappa shape index (κ2) is 7.67. The normalized spacial score (nSPS) is 18.5. The van der Waals surface area contributed by atoms with Crippen LogP contribution in [-0.4, -0.2) is 18.0 Å². The molecule has 2 atom stereocenters. The molecule has 1 aliphatic rings. The molecule has 1 aliphatic carbocycles. The Labute approximate surface area is 159 Å². The average Bonchev–Trinajstić information content (AvgIpc) is 2.72. The molecule has 3 aromatic rings. The van der Waals surface area contributed by atoms with E-state index in [4.69, 9.17) is 4.74 Å². The summed E-state index contributed by atoms with van der Waals surface area (Å²) in [5.74, 6) is 1.62. The minimum Gasteiger partial charge on any atom is -0.508 e. The number of carbonyl (C=O) groups is 1. The van der Waals surface area contributed by atoms with Gasteiger partial charge in [-0.1, -0.05) is 48.5 Å². The van der Waals surface area contributed by atoms with Gasteiger partial charge in [-0.15, -0.1) is 0 Å². The van der Waals surface area contributed by atoms with Crippen molar-refractivity contribution in [2.24, 2.45) is 0 Å². The first-order valence-corrected chi connectivity index (χ1v) is 9.29. The third-order valence-electron chi connectivity index (χ3n) is 5.37. The van der Waals surface area contributed by atoms with Crippen LogP contribution in [0.3, 0.4) is 0 Å². The van der Waals surface area contributed by atoms with Gasteiger partial charge in [-0.2, -0.15) is 0 Å². The molecule has 0 saturated carbocycles. The van der Waals surface area contributed by atoms with E-state index in [0.717, 1.165) is 19.1 Å². The predicted octanol–water partition coefficient (Wildman–Crippen LogP) is 4.83. The van der Waals surface area contributed by atoms with Gasteiger partial charge in [0.05, 0.1) is 0 Å². The van der Waals surface area contributed by atoms with E-state index in [-0.39, 0.29) is 12.5 Å². The van der Waals surface area contributed by atoms with Gasteiger partial charge in [0, 0.05) is 5.92 Å². The van der Waals surface area contributed by atoms with Crippen LogP contribution in [0.25, 0.3) is 0 Å². The Balaban J connectivity index is 1.75. The number of rotatable bonds is 5. The van der Waals surface area contributed by atoms with Gasteiger partial charge in [-0.3, -0.25) is 4.79 Å². The summed E-state index contributed by atoms with van der Waals surface area (Å²) < 4.78 is 5.39. The van der Waals surface area contributed by atoms with Crippen LogP contribution in [0, 0.1) is 0 Å². The molecule has 3 aromatic carbocycles. The maximum absolute atomic E-state index is 10.5. The van der Waals surface area contributed by atoms with E-state index in [9.17, 15) is 9.90 Å². The minimum absolute atomic E-state index is 0.0670. The Kier molecular flexibility index (Phi) is 4.93. The highest BCUT2D eigenvalue weighted by Crippen LogP contribution is 2.47. The van der Waals surface area contributed by atoms with Crippen molar-refractivity contribution < 1.29 is 14.6 Å². The summed E-state index contributed by atoms with van der Waals surface area (Å²) in [4.78, 5) is 10.5. The maximum Gasteiger partial charge on any atom is 0.157 e. The zero-order valence-corrected chi connectivity index (χ0v) is 15.0. The lowest BCUT2D eigenvalue weighted by atomic mass is 9.69. The van der Waals surface area contributed by atoms with Gasteiger partial charge in [0.2, 0.25) is 0 Å². The van der Waals surface area contributed by atoms with Crippen molar-refractivity contribution in [3.8, 4) is 11.5 Å². The lowest BCUT2D eigenvalue weighted by Crippen LogP contribution is -2.20. The van der Waals surface area contributed by atoms with E-state index >= 15 is 0 Å². The van der Waals surface area contributed by atoms with E-state index in [2.05, 4.69) is 42.5 Å². The topological polar surface area (TPSA) is 46.5 Å². The summed E-state index contributed by atoms with van der Waals surface area (Å²) in [6.45, 7) is 0.0670. The molecule has 0 aliphatic heterocycles. The van der Waals surface area contributed by atoms with Crippen molar-refractivity contribution in [2.45, 2.75) is 24.7 Å². The number of phenols is 1. The van der Waals surface area contributed by atoms with E-state index < -0.39 is 0 Å². The van der Waals surface area contributed by atoms with Crippen molar-refractivity contribution in [2.75, 3.05) is 6.61 Å². The van der Waals surface area contributed by atoms with Gasteiger partial charge in [0.1, 0.15) is 18.1 Å². The molecular formula is C24H22O3. The van der Waals surface area contributed by atoms with Crippen molar-refractivity contribution in [1.82, 2.24) is 0 Å². The van der Waals surface area contributed by atoms with Crippen LogP contribution in [0.15, 0.2) is 72.8 Å². The minimum atomic E-state index is 0.0670. The van der Waals surface area contributed by atoms with E-state index in [1.165, 1.54) is 22.3 Å². The van der Waals surface area contributed by atoms with Crippen molar-refractivity contribution in [3.63, 3.8) is 0 Å². The van der Waals surface area contributed by atoms with Gasteiger partial charge in [-0.25, -0.2) is 0 Å². The number of ether oxygens (including phenoxy) is 1. The molecule has 3 nitrogen and oxygen atoms in total. The molecule has 0 heterocycles. The molecule has 0 aromatic heterocycles. The number of aromatic hydroxyl groups is 1. The number of hydrogen-bond acceptors (Lipinski definition) is 3. The van der Waals surface area contributed by atoms with Crippen LogP contribution in [0.2, 0.25) is 0 Å². The van der Waals surface area contributed by atoms with Gasteiger partial charge < -0.3 is 9.84 Å². The Morgan fingerprint density at radius 3 is 2.48 bits per heavy atom.